The molecule has 1 aromatic rings. The highest BCUT2D eigenvalue weighted by atomic mass is 32.1. The van der Waals surface area contributed by atoms with Gasteiger partial charge in [-0.25, -0.2) is 0 Å². The van der Waals surface area contributed by atoms with E-state index in [1.54, 1.807) is 0 Å². The third-order valence-electron chi connectivity index (χ3n) is 3.15. The van der Waals surface area contributed by atoms with Crippen LogP contribution in [-0.4, -0.2) is 0 Å². The summed E-state index contributed by atoms with van der Waals surface area (Å²) < 4.78 is 0. The predicted molar refractivity (Wildman–Crippen MR) is 69.4 cm³/mol. The fourth-order valence-corrected chi connectivity index (χ4v) is 2.54. The van der Waals surface area contributed by atoms with Crippen molar-refractivity contribution in [1.82, 2.24) is 0 Å². The van der Waals surface area contributed by atoms with Gasteiger partial charge in [0.15, 0.2) is 0 Å². The van der Waals surface area contributed by atoms with E-state index in [1.165, 1.54) is 22.3 Å². The topological polar surface area (TPSA) is 0 Å². The van der Waals surface area contributed by atoms with Gasteiger partial charge >= 0.3 is 0 Å². The second-order valence-corrected chi connectivity index (χ2v) is 4.82. The van der Waals surface area contributed by atoms with Gasteiger partial charge in [0.05, 0.1) is 0 Å². The summed E-state index contributed by atoms with van der Waals surface area (Å²) in [6, 6.07) is 6.32. The van der Waals surface area contributed by atoms with Crippen molar-refractivity contribution in [2.24, 2.45) is 5.92 Å². The number of aryl methyl sites for hydroxylation is 1. The zero-order valence-corrected chi connectivity index (χ0v) is 9.98. The number of rotatable bonds is 1. The summed E-state index contributed by atoms with van der Waals surface area (Å²) >= 11 is 4.36. The molecular formula is C14H16S. The second-order valence-electron chi connectivity index (χ2n) is 4.30. The predicted octanol–water partition coefficient (Wildman–Crippen LogP) is 4.13. The third-order valence-corrected chi connectivity index (χ3v) is 3.43. The van der Waals surface area contributed by atoms with Crippen LogP contribution >= 0.6 is 12.6 Å². The Hall–Kier alpha value is -0.950. The van der Waals surface area contributed by atoms with E-state index in [2.05, 4.69) is 44.8 Å². The zero-order valence-electron chi connectivity index (χ0n) is 9.09. The van der Waals surface area contributed by atoms with E-state index in [9.17, 15) is 0 Å². The molecule has 2 rings (SSSR count). The lowest BCUT2D eigenvalue weighted by Crippen LogP contribution is -2.13. The van der Waals surface area contributed by atoms with E-state index < -0.39 is 0 Å². The van der Waals surface area contributed by atoms with Crippen LogP contribution in [0.3, 0.4) is 0 Å². The maximum atomic E-state index is 4.36. The standard InChI is InChI=1S/C14H16S/c1-9(2)13-6-4-11-8-12(15)5-7-14(11)10(13)3/h5,7-8,13,15H,1,3-4,6H2,2H3. The minimum absolute atomic E-state index is 0.461. The van der Waals surface area contributed by atoms with E-state index in [0.29, 0.717) is 5.92 Å². The molecule has 0 heterocycles. The first-order valence-corrected chi connectivity index (χ1v) is 5.71. The Bertz CT molecular complexity index is 429. The molecule has 1 unspecified atom stereocenters. The van der Waals surface area contributed by atoms with Crippen molar-refractivity contribution in [3.63, 3.8) is 0 Å². The maximum Gasteiger partial charge on any atom is 0.00460 e. The van der Waals surface area contributed by atoms with Crippen LogP contribution < -0.4 is 0 Å². The first-order chi connectivity index (χ1) is 7.09. The Kier molecular flexibility index (Phi) is 2.74. The molecule has 0 amide bonds. The van der Waals surface area contributed by atoms with Crippen LogP contribution in [0.2, 0.25) is 0 Å². The molecule has 0 spiro atoms. The molecule has 0 aliphatic heterocycles. The van der Waals surface area contributed by atoms with Crippen LogP contribution in [0, 0.1) is 5.92 Å². The molecule has 1 atom stereocenters. The van der Waals surface area contributed by atoms with Crippen molar-refractivity contribution in [3.8, 4) is 0 Å². The molecule has 0 N–H and O–H groups in total. The Morgan fingerprint density at radius 3 is 2.87 bits per heavy atom. The quantitative estimate of drug-likeness (QED) is 0.529. The Labute approximate surface area is 97.1 Å². The van der Waals surface area contributed by atoms with Crippen molar-refractivity contribution >= 4 is 18.2 Å². The molecule has 0 saturated carbocycles. The van der Waals surface area contributed by atoms with Crippen LogP contribution in [0.15, 0.2) is 41.8 Å². The minimum atomic E-state index is 0.461. The number of benzene rings is 1. The van der Waals surface area contributed by atoms with Gasteiger partial charge in [0, 0.05) is 10.8 Å². The van der Waals surface area contributed by atoms with E-state index >= 15 is 0 Å². The Balaban J connectivity index is 2.43. The average Bonchev–Trinajstić information content (AvgIpc) is 2.17. The molecular weight excluding hydrogens is 200 g/mol. The van der Waals surface area contributed by atoms with Crippen LogP contribution in [0.5, 0.6) is 0 Å². The lowest BCUT2D eigenvalue weighted by Gasteiger charge is -2.27. The summed E-state index contributed by atoms with van der Waals surface area (Å²) in [6.07, 6.45) is 2.25. The molecule has 0 saturated heterocycles. The van der Waals surface area contributed by atoms with Gasteiger partial charge in [-0.15, -0.1) is 12.6 Å². The molecule has 1 aromatic carbocycles. The van der Waals surface area contributed by atoms with E-state index in [1.807, 2.05) is 6.07 Å². The number of hydrogen-bond donors (Lipinski definition) is 1. The van der Waals surface area contributed by atoms with Crippen molar-refractivity contribution in [2.75, 3.05) is 0 Å². The van der Waals surface area contributed by atoms with E-state index in [-0.39, 0.29) is 0 Å². The van der Waals surface area contributed by atoms with Gasteiger partial charge < -0.3 is 0 Å². The van der Waals surface area contributed by atoms with Crippen LogP contribution in [0.25, 0.3) is 5.57 Å². The number of fused-ring (bicyclic) bond motifs is 1. The monoisotopic (exact) mass is 216 g/mol. The molecule has 15 heavy (non-hydrogen) atoms. The molecule has 0 fully saturated rings. The normalized spacial score (nSPS) is 19.9. The summed E-state index contributed by atoms with van der Waals surface area (Å²) in [5.74, 6) is 0.461. The molecule has 0 nitrogen and oxygen atoms in total. The maximum absolute atomic E-state index is 4.36. The van der Waals surface area contributed by atoms with Gasteiger partial charge in [-0.1, -0.05) is 24.8 Å². The smallest absolute Gasteiger partial charge is 0.00460 e. The fourth-order valence-electron chi connectivity index (χ4n) is 2.31. The van der Waals surface area contributed by atoms with Gasteiger partial charge in [-0.3, -0.25) is 0 Å². The highest BCUT2D eigenvalue weighted by Crippen LogP contribution is 2.38. The Morgan fingerprint density at radius 2 is 2.20 bits per heavy atom. The van der Waals surface area contributed by atoms with Crippen LogP contribution in [0.4, 0.5) is 0 Å². The highest BCUT2D eigenvalue weighted by molar-refractivity contribution is 7.80. The van der Waals surface area contributed by atoms with Crippen molar-refractivity contribution in [3.05, 3.63) is 48.1 Å². The van der Waals surface area contributed by atoms with Gasteiger partial charge in [-0.2, -0.15) is 0 Å². The molecule has 78 valence electrons. The summed E-state index contributed by atoms with van der Waals surface area (Å²) in [5, 5.41) is 0. The first-order valence-electron chi connectivity index (χ1n) is 5.26. The SMILES string of the molecule is C=C(C)C1CCc2cc(S)ccc2C1=C. The summed E-state index contributed by atoms with van der Waals surface area (Å²) in [4.78, 5) is 1.04. The van der Waals surface area contributed by atoms with Crippen molar-refractivity contribution < 1.29 is 0 Å². The van der Waals surface area contributed by atoms with Gasteiger partial charge in [-0.05, 0) is 48.6 Å². The van der Waals surface area contributed by atoms with Gasteiger partial charge in [0.1, 0.15) is 0 Å². The minimum Gasteiger partial charge on any atom is -0.143 e. The molecule has 1 aliphatic carbocycles. The van der Waals surface area contributed by atoms with E-state index in [4.69, 9.17) is 0 Å². The van der Waals surface area contributed by atoms with Gasteiger partial charge in [0.2, 0.25) is 0 Å². The van der Waals surface area contributed by atoms with Crippen LogP contribution in [0.1, 0.15) is 24.5 Å². The molecule has 1 aliphatic rings. The number of thiol groups is 1. The lowest BCUT2D eigenvalue weighted by atomic mass is 9.77. The fraction of sp³-hybridized carbons (Fsp3) is 0.286. The Morgan fingerprint density at radius 1 is 1.47 bits per heavy atom. The zero-order chi connectivity index (χ0) is 11.0. The third kappa shape index (κ3) is 1.89. The van der Waals surface area contributed by atoms with Crippen LogP contribution in [-0.2, 0) is 6.42 Å². The summed E-state index contributed by atoms with van der Waals surface area (Å²) in [6.45, 7) is 10.3. The summed E-state index contributed by atoms with van der Waals surface area (Å²) in [5.41, 5.74) is 5.12. The largest absolute Gasteiger partial charge is 0.143 e. The summed E-state index contributed by atoms with van der Waals surface area (Å²) in [7, 11) is 0. The van der Waals surface area contributed by atoms with E-state index in [0.717, 1.165) is 17.7 Å². The average molecular weight is 216 g/mol. The van der Waals surface area contributed by atoms with Gasteiger partial charge in [0.25, 0.3) is 0 Å². The number of allylic oxidation sites excluding steroid dienone is 2. The number of hydrogen-bond acceptors (Lipinski definition) is 1. The second kappa shape index (κ2) is 3.90. The highest BCUT2D eigenvalue weighted by Gasteiger charge is 2.22. The molecule has 1 heteroatoms. The molecule has 0 bridgehead atoms. The molecule has 0 aromatic heterocycles. The first kappa shape index (κ1) is 10.6. The van der Waals surface area contributed by atoms with Crippen molar-refractivity contribution in [1.29, 1.82) is 0 Å². The lowest BCUT2D eigenvalue weighted by molar-refractivity contribution is 0.668. The van der Waals surface area contributed by atoms with Crippen molar-refractivity contribution in [2.45, 2.75) is 24.7 Å². The molecule has 0 radical (unpaired) electrons.